The lowest BCUT2D eigenvalue weighted by atomic mass is 9.69. The number of H-pyrrole nitrogens is 1. The van der Waals surface area contributed by atoms with Crippen molar-refractivity contribution >= 4 is 16.7 Å². The fraction of sp³-hybridized carbons (Fsp3) is 0.280. The van der Waals surface area contributed by atoms with E-state index in [1.54, 1.807) is 0 Å². The molecule has 0 aliphatic heterocycles. The summed E-state index contributed by atoms with van der Waals surface area (Å²) in [5.74, 6) is 0. The zero-order valence-electron chi connectivity index (χ0n) is 16.9. The van der Waals surface area contributed by atoms with Crippen LogP contribution in [0.5, 0.6) is 0 Å². The highest BCUT2D eigenvalue weighted by atomic mass is 14.9. The summed E-state index contributed by atoms with van der Waals surface area (Å²) in [5, 5.41) is 0. The molecule has 146 valence electrons. The Morgan fingerprint density at radius 1 is 1.10 bits per heavy atom. The van der Waals surface area contributed by atoms with Crippen LogP contribution in [0.3, 0.4) is 0 Å². The molecule has 4 nitrogen and oxygen atoms in total. The molecule has 0 radical (unpaired) electrons. The molecular formula is C25H26N4. The van der Waals surface area contributed by atoms with Gasteiger partial charge in [0.05, 0.1) is 11.9 Å². The van der Waals surface area contributed by atoms with Gasteiger partial charge in [0.2, 0.25) is 0 Å². The van der Waals surface area contributed by atoms with E-state index in [-0.39, 0.29) is 5.41 Å². The van der Waals surface area contributed by atoms with E-state index in [1.165, 1.54) is 37.7 Å². The Kier molecular flexibility index (Phi) is 4.35. The zero-order chi connectivity index (χ0) is 19.8. The van der Waals surface area contributed by atoms with E-state index in [4.69, 9.17) is 4.98 Å². The predicted octanol–water partition coefficient (Wildman–Crippen LogP) is 6.40. The third-order valence-electron chi connectivity index (χ3n) is 6.44. The smallest absolute Gasteiger partial charge is 0.156 e. The second-order valence-corrected chi connectivity index (χ2v) is 8.40. The topological polar surface area (TPSA) is 46.5 Å². The Labute approximate surface area is 171 Å². The summed E-state index contributed by atoms with van der Waals surface area (Å²) in [6.07, 6.45) is 14.3. The van der Waals surface area contributed by atoms with Gasteiger partial charge in [-0.05, 0) is 48.1 Å². The molecule has 3 aromatic heterocycles. The highest BCUT2D eigenvalue weighted by Crippen LogP contribution is 2.46. The van der Waals surface area contributed by atoms with Crippen molar-refractivity contribution in [3.63, 3.8) is 0 Å². The number of allylic oxidation sites excluding steroid dienone is 1. The van der Waals surface area contributed by atoms with E-state index in [9.17, 15) is 0 Å². The van der Waals surface area contributed by atoms with Crippen LogP contribution < -0.4 is 0 Å². The van der Waals surface area contributed by atoms with Gasteiger partial charge in [0.1, 0.15) is 5.52 Å². The molecule has 0 amide bonds. The number of nitrogens with one attached hydrogen (secondary N) is 1. The SMILES string of the molecule is C=C(c1c[nH]c2ncc(-c3cccc(-n4cccc4)c3)nc12)C1(C)CCCCC1. The van der Waals surface area contributed by atoms with Crippen molar-refractivity contribution in [2.45, 2.75) is 39.0 Å². The lowest BCUT2D eigenvalue weighted by Gasteiger charge is -2.35. The maximum Gasteiger partial charge on any atom is 0.156 e. The van der Waals surface area contributed by atoms with Gasteiger partial charge in [-0.3, -0.25) is 0 Å². The molecule has 5 rings (SSSR count). The molecule has 0 unspecified atom stereocenters. The molecule has 29 heavy (non-hydrogen) atoms. The summed E-state index contributed by atoms with van der Waals surface area (Å²) >= 11 is 0. The zero-order valence-corrected chi connectivity index (χ0v) is 16.9. The first-order valence-electron chi connectivity index (χ1n) is 10.4. The molecule has 1 saturated carbocycles. The van der Waals surface area contributed by atoms with Crippen LogP contribution in [0.1, 0.15) is 44.6 Å². The minimum atomic E-state index is 0.152. The molecule has 1 N–H and O–H groups in total. The Morgan fingerprint density at radius 3 is 2.69 bits per heavy atom. The summed E-state index contributed by atoms with van der Waals surface area (Å²) in [4.78, 5) is 13.0. The molecule has 1 aliphatic rings. The quantitative estimate of drug-likeness (QED) is 0.444. The third kappa shape index (κ3) is 3.19. The van der Waals surface area contributed by atoms with Crippen LogP contribution >= 0.6 is 0 Å². The molecule has 3 heterocycles. The molecule has 1 fully saturated rings. The summed E-state index contributed by atoms with van der Waals surface area (Å²) in [5.41, 5.74) is 7.26. The number of hydrogen-bond acceptors (Lipinski definition) is 2. The van der Waals surface area contributed by atoms with Crippen molar-refractivity contribution in [3.05, 3.63) is 73.3 Å². The van der Waals surface area contributed by atoms with Crippen molar-refractivity contribution in [2.24, 2.45) is 5.41 Å². The number of nitrogens with zero attached hydrogens (tertiary/aromatic N) is 3. The molecule has 4 aromatic rings. The predicted molar refractivity (Wildman–Crippen MR) is 119 cm³/mol. The third-order valence-corrected chi connectivity index (χ3v) is 6.44. The van der Waals surface area contributed by atoms with E-state index in [0.29, 0.717) is 0 Å². The lowest BCUT2D eigenvalue weighted by molar-refractivity contribution is 0.300. The summed E-state index contributed by atoms with van der Waals surface area (Å²) in [6.45, 7) is 6.85. The summed E-state index contributed by atoms with van der Waals surface area (Å²) in [6, 6.07) is 12.5. The first-order valence-corrected chi connectivity index (χ1v) is 10.4. The van der Waals surface area contributed by atoms with E-state index < -0.39 is 0 Å². The van der Waals surface area contributed by atoms with Gasteiger partial charge in [-0.1, -0.05) is 44.9 Å². The van der Waals surface area contributed by atoms with Gasteiger partial charge in [-0.2, -0.15) is 0 Å². The number of hydrogen-bond donors (Lipinski definition) is 1. The lowest BCUT2D eigenvalue weighted by Crippen LogP contribution is -2.21. The van der Waals surface area contributed by atoms with E-state index in [2.05, 4.69) is 52.3 Å². The van der Waals surface area contributed by atoms with Gasteiger partial charge < -0.3 is 9.55 Å². The molecule has 1 aliphatic carbocycles. The molecule has 4 heteroatoms. The second-order valence-electron chi connectivity index (χ2n) is 8.40. The Bertz CT molecular complexity index is 1160. The largest absolute Gasteiger partial charge is 0.344 e. The van der Waals surface area contributed by atoms with Crippen LogP contribution in [0, 0.1) is 5.41 Å². The standard InChI is InChI=1S/C25H26N4/c1-18(25(2)11-4-3-5-12-25)21-16-26-24-23(21)28-22(17-27-24)19-9-8-10-20(15-19)29-13-6-7-14-29/h6-10,13-17H,1,3-5,11-12H2,2H3,(H,26,27). The van der Waals surface area contributed by atoms with Gasteiger partial charge in [-0.15, -0.1) is 0 Å². The van der Waals surface area contributed by atoms with Crippen molar-refractivity contribution in [1.29, 1.82) is 0 Å². The van der Waals surface area contributed by atoms with Gasteiger partial charge in [0, 0.05) is 35.4 Å². The molecular weight excluding hydrogens is 356 g/mol. The van der Waals surface area contributed by atoms with Crippen molar-refractivity contribution in [1.82, 2.24) is 19.5 Å². The Morgan fingerprint density at radius 2 is 1.90 bits per heavy atom. The minimum absolute atomic E-state index is 0.152. The van der Waals surface area contributed by atoms with Crippen LogP contribution in [0.4, 0.5) is 0 Å². The first kappa shape index (κ1) is 17.9. The number of aromatic nitrogens is 4. The van der Waals surface area contributed by atoms with E-state index in [1.807, 2.05) is 36.9 Å². The molecule has 0 saturated heterocycles. The minimum Gasteiger partial charge on any atom is -0.344 e. The fourth-order valence-electron chi connectivity index (χ4n) is 4.55. The monoisotopic (exact) mass is 382 g/mol. The van der Waals surface area contributed by atoms with Gasteiger partial charge in [0.25, 0.3) is 0 Å². The summed E-state index contributed by atoms with van der Waals surface area (Å²) in [7, 11) is 0. The molecule has 1 aromatic carbocycles. The number of fused-ring (bicyclic) bond motifs is 1. The number of rotatable bonds is 4. The second kappa shape index (κ2) is 7.03. The highest BCUT2D eigenvalue weighted by molar-refractivity contribution is 5.89. The van der Waals surface area contributed by atoms with Crippen LogP contribution in [-0.2, 0) is 0 Å². The summed E-state index contributed by atoms with van der Waals surface area (Å²) < 4.78 is 2.10. The van der Waals surface area contributed by atoms with Crippen LogP contribution in [0.25, 0.3) is 33.7 Å². The van der Waals surface area contributed by atoms with Crippen molar-refractivity contribution in [3.8, 4) is 16.9 Å². The maximum atomic E-state index is 5.01. The maximum absolute atomic E-state index is 5.01. The fourth-order valence-corrected chi connectivity index (χ4v) is 4.55. The van der Waals surface area contributed by atoms with Gasteiger partial charge in [-0.25, -0.2) is 9.97 Å². The first-order chi connectivity index (χ1) is 14.1. The highest BCUT2D eigenvalue weighted by Gasteiger charge is 2.32. The van der Waals surface area contributed by atoms with Crippen LogP contribution in [0.2, 0.25) is 0 Å². The van der Waals surface area contributed by atoms with Crippen LogP contribution in [-0.4, -0.2) is 19.5 Å². The number of aromatic amines is 1. The average molecular weight is 383 g/mol. The number of benzene rings is 1. The Hall–Kier alpha value is -3.14. The van der Waals surface area contributed by atoms with Crippen molar-refractivity contribution < 1.29 is 0 Å². The van der Waals surface area contributed by atoms with Gasteiger partial charge in [0.15, 0.2) is 5.65 Å². The van der Waals surface area contributed by atoms with Crippen molar-refractivity contribution in [2.75, 3.05) is 0 Å². The molecule has 0 atom stereocenters. The molecule has 0 spiro atoms. The van der Waals surface area contributed by atoms with E-state index >= 15 is 0 Å². The average Bonchev–Trinajstić information content (AvgIpc) is 3.43. The van der Waals surface area contributed by atoms with Crippen LogP contribution in [0.15, 0.2) is 67.8 Å². The van der Waals surface area contributed by atoms with Gasteiger partial charge >= 0.3 is 0 Å². The Balaban J connectivity index is 1.55. The van der Waals surface area contributed by atoms with E-state index in [0.717, 1.165) is 33.7 Å². The molecule has 0 bridgehead atoms. The normalized spacial score (nSPS) is 16.2.